The fourth-order valence-corrected chi connectivity index (χ4v) is 4.00. The minimum atomic E-state index is 0.528. The minimum Gasteiger partial charge on any atom is -0.310 e. The fourth-order valence-electron chi connectivity index (χ4n) is 4.00. The number of halogens is 1. The Labute approximate surface area is 194 Å². The number of anilines is 4. The van der Waals surface area contributed by atoms with Crippen LogP contribution in [-0.2, 0) is 6.42 Å². The molecule has 0 spiro atoms. The molecule has 0 unspecified atom stereocenters. The van der Waals surface area contributed by atoms with Gasteiger partial charge in [0.2, 0.25) is 11.9 Å². The van der Waals surface area contributed by atoms with E-state index < -0.39 is 0 Å². The number of H-pyrrole nitrogens is 1. The highest BCUT2D eigenvalue weighted by atomic mass is 127. The molecular weight excluding hydrogens is 501 g/mol. The monoisotopic (exact) mass is 525 g/mol. The molecule has 1 saturated carbocycles. The molecule has 0 atom stereocenters. The van der Waals surface area contributed by atoms with E-state index in [1.807, 2.05) is 29.2 Å². The molecule has 7 nitrogen and oxygen atoms in total. The first-order valence-corrected chi connectivity index (χ1v) is 12.7. The van der Waals surface area contributed by atoms with Gasteiger partial charge in [0.25, 0.3) is 0 Å². The average molecular weight is 525 g/mol. The molecule has 4 aromatic rings. The van der Waals surface area contributed by atoms with Crippen molar-refractivity contribution in [2.75, 3.05) is 21.7 Å². The van der Waals surface area contributed by atoms with Crippen LogP contribution in [0.4, 0.5) is 23.4 Å². The summed E-state index contributed by atoms with van der Waals surface area (Å²) in [6.45, 7) is 0.904. The maximum Gasteiger partial charge on any atom is 0.247 e. The second kappa shape index (κ2) is 8.78. The number of aromatic amines is 1. The van der Waals surface area contributed by atoms with Crippen LogP contribution in [0.15, 0.2) is 48.5 Å². The van der Waals surface area contributed by atoms with E-state index in [0.717, 1.165) is 41.9 Å². The van der Waals surface area contributed by atoms with Gasteiger partial charge in [-0.25, -0.2) is 4.98 Å². The van der Waals surface area contributed by atoms with Gasteiger partial charge < -0.3 is 10.2 Å². The second-order valence-corrected chi connectivity index (χ2v) is 7.72. The third-order valence-corrected chi connectivity index (χ3v) is 5.64. The van der Waals surface area contributed by atoms with E-state index in [-0.39, 0.29) is 0 Å². The van der Waals surface area contributed by atoms with Gasteiger partial charge in [-0.05, 0) is 54.4 Å². The van der Waals surface area contributed by atoms with Crippen LogP contribution in [0.1, 0.15) is 36.6 Å². The Morgan fingerprint density at radius 2 is 1.81 bits per heavy atom. The van der Waals surface area contributed by atoms with Crippen molar-refractivity contribution in [2.24, 2.45) is 0 Å². The molecule has 2 aliphatic rings. The number of aryl methyl sites for hydroxylation is 1. The van der Waals surface area contributed by atoms with Crippen LogP contribution >= 0.6 is 22.6 Å². The fraction of sp³-hybridized carbons (Fsp3) is 0.304. The van der Waals surface area contributed by atoms with Gasteiger partial charge in [-0.15, -0.1) is 5.10 Å². The molecule has 0 radical (unpaired) electrons. The zero-order chi connectivity index (χ0) is 21.2. The number of hydrogen-bond donors (Lipinski definition) is 2. The van der Waals surface area contributed by atoms with Crippen LogP contribution in [0.5, 0.6) is 0 Å². The molecule has 8 heteroatoms. The normalized spacial score (nSPS) is 15.2. The van der Waals surface area contributed by atoms with Crippen molar-refractivity contribution in [1.29, 1.82) is 0 Å². The lowest BCUT2D eigenvalue weighted by Gasteiger charge is -2.29. The predicted octanol–water partition coefficient (Wildman–Crippen LogP) is 5.50. The first-order chi connectivity index (χ1) is 15.3. The van der Waals surface area contributed by atoms with Crippen LogP contribution in [0.2, 0.25) is 0 Å². The summed E-state index contributed by atoms with van der Waals surface area (Å²) in [7, 11) is 0. The van der Waals surface area contributed by atoms with E-state index in [9.17, 15) is 0 Å². The van der Waals surface area contributed by atoms with Crippen molar-refractivity contribution in [3.8, 4) is 0 Å². The van der Waals surface area contributed by atoms with Crippen LogP contribution < -0.4 is 10.2 Å². The van der Waals surface area contributed by atoms with Crippen molar-refractivity contribution >= 4 is 56.9 Å². The number of aromatic nitrogens is 5. The van der Waals surface area contributed by atoms with E-state index in [4.69, 9.17) is 9.97 Å². The summed E-state index contributed by atoms with van der Waals surface area (Å²) < 4.78 is 0. The average Bonchev–Trinajstić information content (AvgIpc) is 3.58. The van der Waals surface area contributed by atoms with Gasteiger partial charge in [-0.1, -0.05) is 52.9 Å². The smallest absolute Gasteiger partial charge is 0.247 e. The highest BCUT2D eigenvalue weighted by Gasteiger charge is 2.27. The van der Waals surface area contributed by atoms with Crippen molar-refractivity contribution in [3.05, 3.63) is 59.9 Å². The lowest BCUT2D eigenvalue weighted by molar-refractivity contribution is 0.752. The number of nitrogens with zero attached hydrogens (tertiary/aromatic N) is 5. The van der Waals surface area contributed by atoms with E-state index in [1.165, 1.54) is 24.1 Å². The number of rotatable bonds is 4. The zero-order valence-corrected chi connectivity index (χ0v) is 19.5. The number of para-hydroxylation sites is 2. The predicted molar refractivity (Wildman–Crippen MR) is 133 cm³/mol. The van der Waals surface area contributed by atoms with E-state index in [2.05, 4.69) is 72.3 Å². The summed E-state index contributed by atoms with van der Waals surface area (Å²) in [6.07, 6.45) is 4.54. The quantitative estimate of drug-likeness (QED) is 0.270. The van der Waals surface area contributed by atoms with Gasteiger partial charge in [-0.3, -0.25) is 5.10 Å². The van der Waals surface area contributed by atoms with Crippen molar-refractivity contribution in [1.82, 2.24) is 25.1 Å². The van der Waals surface area contributed by atoms with E-state index in [1.54, 1.807) is 0 Å². The third kappa shape index (κ3) is 4.08. The van der Waals surface area contributed by atoms with Gasteiger partial charge in [0.15, 0.2) is 0 Å². The SMILES string of the molecule is CI.c1ccc2c(c1)CCCN2c1nc(Nc2n[nH]c(C3CC3)n2)c2ccccc2n1. The summed E-state index contributed by atoms with van der Waals surface area (Å²) in [6, 6.07) is 16.6. The molecule has 0 saturated heterocycles. The topological polar surface area (TPSA) is 82.6 Å². The van der Waals surface area contributed by atoms with Gasteiger partial charge in [0.05, 0.1) is 5.52 Å². The van der Waals surface area contributed by atoms with Crippen molar-refractivity contribution < 1.29 is 0 Å². The molecule has 0 amide bonds. The molecule has 0 bridgehead atoms. The maximum atomic E-state index is 4.90. The lowest BCUT2D eigenvalue weighted by atomic mass is 10.0. The number of alkyl halides is 1. The Morgan fingerprint density at radius 1 is 1.00 bits per heavy atom. The van der Waals surface area contributed by atoms with Gasteiger partial charge >= 0.3 is 0 Å². The van der Waals surface area contributed by atoms with Crippen LogP contribution in [0, 0.1) is 0 Å². The van der Waals surface area contributed by atoms with Crippen LogP contribution in [0.25, 0.3) is 10.9 Å². The standard InChI is InChI=1S/C22H21N7.CH3I/c1-4-10-18-14(6-1)7-5-13-29(18)22-23-17-9-3-2-8-16(17)20(26-22)25-21-24-19(27-28-21)15-11-12-15;1-2/h1-4,6,8-10,15H,5,7,11-13H2,(H2,23,24,25,26,27,28);1H3. The number of hydrogen-bond acceptors (Lipinski definition) is 6. The van der Waals surface area contributed by atoms with Gasteiger partial charge in [-0.2, -0.15) is 9.97 Å². The van der Waals surface area contributed by atoms with Crippen LogP contribution in [0.3, 0.4) is 0 Å². The molecule has 31 heavy (non-hydrogen) atoms. The first kappa shape index (κ1) is 20.2. The molecule has 3 heterocycles. The largest absolute Gasteiger partial charge is 0.310 e. The molecule has 1 fully saturated rings. The Morgan fingerprint density at radius 3 is 2.68 bits per heavy atom. The summed E-state index contributed by atoms with van der Waals surface area (Å²) in [4.78, 5) is 18.6. The van der Waals surface area contributed by atoms with Gasteiger partial charge in [0, 0.05) is 23.5 Å². The zero-order valence-electron chi connectivity index (χ0n) is 17.3. The molecular formula is C23H24IN7. The number of nitrogens with one attached hydrogen (secondary N) is 2. The molecule has 158 valence electrons. The second-order valence-electron chi connectivity index (χ2n) is 7.72. The molecule has 2 N–H and O–H groups in total. The van der Waals surface area contributed by atoms with Crippen molar-refractivity contribution in [3.63, 3.8) is 0 Å². The molecule has 1 aliphatic heterocycles. The first-order valence-electron chi connectivity index (χ1n) is 10.5. The molecule has 1 aliphatic carbocycles. The highest BCUT2D eigenvalue weighted by molar-refractivity contribution is 14.1. The molecule has 2 aromatic heterocycles. The van der Waals surface area contributed by atoms with E-state index >= 15 is 0 Å². The Bertz CT molecular complexity index is 1200. The van der Waals surface area contributed by atoms with Gasteiger partial charge in [0.1, 0.15) is 11.6 Å². The molecule has 2 aromatic carbocycles. The Kier molecular flexibility index (Phi) is 5.71. The van der Waals surface area contributed by atoms with Crippen molar-refractivity contribution in [2.45, 2.75) is 31.6 Å². The third-order valence-electron chi connectivity index (χ3n) is 5.64. The lowest BCUT2D eigenvalue weighted by Crippen LogP contribution is -2.26. The summed E-state index contributed by atoms with van der Waals surface area (Å²) in [5.41, 5.74) is 3.43. The minimum absolute atomic E-state index is 0.528. The summed E-state index contributed by atoms with van der Waals surface area (Å²) >= 11 is 2.15. The van der Waals surface area contributed by atoms with Crippen LogP contribution in [-0.4, -0.2) is 36.6 Å². The maximum absolute atomic E-state index is 4.90. The Balaban J connectivity index is 0.000000994. The Hall–Kier alpha value is -2.75. The molecule has 6 rings (SSSR count). The number of benzene rings is 2. The highest BCUT2D eigenvalue weighted by Crippen LogP contribution is 2.38. The van der Waals surface area contributed by atoms with E-state index in [0.29, 0.717) is 17.8 Å². The summed E-state index contributed by atoms with van der Waals surface area (Å²) in [5, 5.41) is 11.7. The summed E-state index contributed by atoms with van der Waals surface area (Å²) in [5.74, 6) is 3.48. The number of fused-ring (bicyclic) bond motifs is 2.